The number of rotatable bonds is 7. The molecule has 0 spiro atoms. The topological polar surface area (TPSA) is 108 Å². The van der Waals surface area contributed by atoms with Gasteiger partial charge in [0.15, 0.2) is 0 Å². The van der Waals surface area contributed by atoms with Crippen LogP contribution in [-0.2, 0) is 20.7 Å². The van der Waals surface area contributed by atoms with Gasteiger partial charge in [0.25, 0.3) is 5.91 Å². The average Bonchev–Trinajstić information content (AvgIpc) is 2.74. The molecule has 8 nitrogen and oxygen atoms in total. The molecule has 2 aromatic carbocycles. The standard InChI is InChI=1S/C21H23N3O5/c25-19(22-14-20(26)27)13-15-1-5-17(6-2-15)23-21(28)16-3-7-18(8-4-16)24-9-11-29-12-10-24/h1-8H,9-14H2,(H,22,25)(H,23,28)(H,26,27). The van der Waals surface area contributed by atoms with Crippen LogP contribution in [0.1, 0.15) is 15.9 Å². The van der Waals surface area contributed by atoms with Crippen molar-refractivity contribution in [2.24, 2.45) is 0 Å². The second-order valence-corrected chi connectivity index (χ2v) is 6.64. The van der Waals surface area contributed by atoms with E-state index in [0.717, 1.165) is 24.3 Å². The minimum absolute atomic E-state index is 0.0739. The number of amides is 2. The summed E-state index contributed by atoms with van der Waals surface area (Å²) in [5.74, 6) is -1.68. The van der Waals surface area contributed by atoms with E-state index < -0.39 is 12.5 Å². The van der Waals surface area contributed by atoms with Crippen molar-refractivity contribution in [2.75, 3.05) is 43.1 Å². The lowest BCUT2D eigenvalue weighted by Crippen LogP contribution is -2.36. The summed E-state index contributed by atoms with van der Waals surface area (Å²) >= 11 is 0. The molecule has 0 saturated carbocycles. The van der Waals surface area contributed by atoms with Crippen LogP contribution in [0.4, 0.5) is 11.4 Å². The number of nitrogens with zero attached hydrogens (tertiary/aromatic N) is 1. The molecular formula is C21H23N3O5. The summed E-state index contributed by atoms with van der Waals surface area (Å²) in [6, 6.07) is 14.3. The van der Waals surface area contributed by atoms with E-state index in [1.165, 1.54) is 0 Å². The molecule has 2 amide bonds. The number of anilines is 2. The van der Waals surface area contributed by atoms with Crippen LogP contribution in [0.2, 0.25) is 0 Å². The first-order valence-corrected chi connectivity index (χ1v) is 9.33. The molecule has 0 aliphatic carbocycles. The Hall–Kier alpha value is -3.39. The summed E-state index contributed by atoms with van der Waals surface area (Å²) in [6.07, 6.45) is 0.0739. The third kappa shape index (κ3) is 6.05. The first-order chi connectivity index (χ1) is 14.0. The fourth-order valence-corrected chi connectivity index (χ4v) is 2.98. The molecule has 0 bridgehead atoms. The van der Waals surface area contributed by atoms with Gasteiger partial charge in [-0.1, -0.05) is 12.1 Å². The van der Waals surface area contributed by atoms with Gasteiger partial charge in [-0.3, -0.25) is 14.4 Å². The van der Waals surface area contributed by atoms with Crippen LogP contribution in [-0.4, -0.2) is 55.7 Å². The Kier molecular flexibility index (Phi) is 6.80. The Balaban J connectivity index is 1.53. The molecule has 3 rings (SSSR count). The van der Waals surface area contributed by atoms with Crippen LogP contribution in [0, 0.1) is 0 Å². The number of hydrogen-bond acceptors (Lipinski definition) is 5. The van der Waals surface area contributed by atoms with Crippen LogP contribution in [0.15, 0.2) is 48.5 Å². The molecule has 0 radical (unpaired) electrons. The number of hydrogen-bond donors (Lipinski definition) is 3. The molecule has 0 aromatic heterocycles. The maximum Gasteiger partial charge on any atom is 0.322 e. The van der Waals surface area contributed by atoms with Crippen LogP contribution >= 0.6 is 0 Å². The van der Waals surface area contributed by atoms with E-state index in [2.05, 4.69) is 15.5 Å². The van der Waals surface area contributed by atoms with Gasteiger partial charge in [0.05, 0.1) is 19.6 Å². The van der Waals surface area contributed by atoms with Crippen LogP contribution in [0.25, 0.3) is 0 Å². The van der Waals surface area contributed by atoms with Crippen LogP contribution < -0.4 is 15.5 Å². The van der Waals surface area contributed by atoms with Crippen molar-refractivity contribution >= 4 is 29.2 Å². The predicted molar refractivity (Wildman–Crippen MR) is 108 cm³/mol. The van der Waals surface area contributed by atoms with Gasteiger partial charge in [-0.25, -0.2) is 0 Å². The van der Waals surface area contributed by atoms with Gasteiger partial charge in [-0.2, -0.15) is 0 Å². The van der Waals surface area contributed by atoms with Crippen molar-refractivity contribution in [3.05, 3.63) is 59.7 Å². The minimum atomic E-state index is -1.09. The van der Waals surface area contributed by atoms with E-state index in [-0.39, 0.29) is 18.2 Å². The van der Waals surface area contributed by atoms with Crippen molar-refractivity contribution in [1.82, 2.24) is 5.32 Å². The lowest BCUT2D eigenvalue weighted by molar-refractivity contribution is -0.137. The zero-order valence-electron chi connectivity index (χ0n) is 15.9. The van der Waals surface area contributed by atoms with E-state index in [9.17, 15) is 14.4 Å². The van der Waals surface area contributed by atoms with E-state index >= 15 is 0 Å². The second-order valence-electron chi connectivity index (χ2n) is 6.64. The van der Waals surface area contributed by atoms with Crippen molar-refractivity contribution in [2.45, 2.75) is 6.42 Å². The van der Waals surface area contributed by atoms with Crippen molar-refractivity contribution in [1.29, 1.82) is 0 Å². The molecule has 29 heavy (non-hydrogen) atoms. The molecule has 0 atom stereocenters. The van der Waals surface area contributed by atoms with Gasteiger partial charge in [-0.15, -0.1) is 0 Å². The quantitative estimate of drug-likeness (QED) is 0.654. The maximum absolute atomic E-state index is 12.4. The highest BCUT2D eigenvalue weighted by Gasteiger charge is 2.12. The zero-order chi connectivity index (χ0) is 20.6. The molecule has 152 valence electrons. The summed E-state index contributed by atoms with van der Waals surface area (Å²) < 4.78 is 5.35. The highest BCUT2D eigenvalue weighted by molar-refractivity contribution is 6.04. The van der Waals surface area contributed by atoms with E-state index in [1.807, 2.05) is 12.1 Å². The number of carbonyl (C=O) groups is 3. The Labute approximate surface area is 168 Å². The molecule has 3 N–H and O–H groups in total. The molecule has 0 unspecified atom stereocenters. The minimum Gasteiger partial charge on any atom is -0.480 e. The lowest BCUT2D eigenvalue weighted by atomic mass is 10.1. The first kappa shape index (κ1) is 20.3. The van der Waals surface area contributed by atoms with Crippen LogP contribution in [0.3, 0.4) is 0 Å². The molecule has 1 aliphatic heterocycles. The third-order valence-electron chi connectivity index (χ3n) is 4.52. The van der Waals surface area contributed by atoms with Gasteiger partial charge in [0.2, 0.25) is 5.91 Å². The third-order valence-corrected chi connectivity index (χ3v) is 4.52. The predicted octanol–water partition coefficient (Wildman–Crippen LogP) is 1.52. The number of carbonyl (C=O) groups excluding carboxylic acids is 2. The number of benzene rings is 2. The first-order valence-electron chi connectivity index (χ1n) is 9.33. The fourth-order valence-electron chi connectivity index (χ4n) is 2.98. The Bertz CT molecular complexity index is 859. The summed E-state index contributed by atoms with van der Waals surface area (Å²) in [7, 11) is 0. The van der Waals surface area contributed by atoms with Crippen molar-refractivity contribution < 1.29 is 24.2 Å². The molecule has 1 fully saturated rings. The lowest BCUT2D eigenvalue weighted by Gasteiger charge is -2.28. The smallest absolute Gasteiger partial charge is 0.322 e. The van der Waals surface area contributed by atoms with E-state index in [1.54, 1.807) is 36.4 Å². The summed E-state index contributed by atoms with van der Waals surface area (Å²) in [5, 5.41) is 13.7. The van der Waals surface area contributed by atoms with Gasteiger partial charge in [-0.05, 0) is 42.0 Å². The summed E-state index contributed by atoms with van der Waals surface area (Å²) in [4.78, 5) is 36.8. The SMILES string of the molecule is O=C(O)CNC(=O)Cc1ccc(NC(=O)c2ccc(N3CCOCC3)cc2)cc1. The summed E-state index contributed by atoms with van der Waals surface area (Å²) in [5.41, 5.74) is 2.96. The highest BCUT2D eigenvalue weighted by atomic mass is 16.5. The normalized spacial score (nSPS) is 13.6. The number of ether oxygens (including phenoxy) is 1. The van der Waals surface area contributed by atoms with E-state index in [0.29, 0.717) is 24.5 Å². The second kappa shape index (κ2) is 9.70. The van der Waals surface area contributed by atoms with Gasteiger partial charge >= 0.3 is 5.97 Å². The molecular weight excluding hydrogens is 374 g/mol. The maximum atomic E-state index is 12.4. The number of carboxylic acid groups (broad SMARTS) is 1. The Morgan fingerprint density at radius 1 is 0.966 bits per heavy atom. The Morgan fingerprint density at radius 2 is 1.62 bits per heavy atom. The van der Waals surface area contributed by atoms with Gasteiger partial charge in [0, 0.05) is 30.0 Å². The van der Waals surface area contributed by atoms with E-state index in [4.69, 9.17) is 9.84 Å². The summed E-state index contributed by atoms with van der Waals surface area (Å²) in [6.45, 7) is 2.69. The Morgan fingerprint density at radius 3 is 2.24 bits per heavy atom. The average molecular weight is 397 g/mol. The molecule has 2 aromatic rings. The largest absolute Gasteiger partial charge is 0.480 e. The zero-order valence-corrected chi connectivity index (χ0v) is 15.9. The molecule has 1 heterocycles. The fraction of sp³-hybridized carbons (Fsp3) is 0.286. The van der Waals surface area contributed by atoms with Gasteiger partial charge < -0.3 is 25.4 Å². The van der Waals surface area contributed by atoms with Crippen molar-refractivity contribution in [3.63, 3.8) is 0 Å². The number of carboxylic acids is 1. The van der Waals surface area contributed by atoms with Crippen molar-refractivity contribution in [3.8, 4) is 0 Å². The molecule has 1 aliphatic rings. The highest BCUT2D eigenvalue weighted by Crippen LogP contribution is 2.18. The van der Waals surface area contributed by atoms with Gasteiger partial charge in [0.1, 0.15) is 6.54 Å². The number of aliphatic carboxylic acids is 1. The number of nitrogens with one attached hydrogen (secondary N) is 2. The number of morpholine rings is 1. The molecule has 8 heteroatoms. The monoisotopic (exact) mass is 397 g/mol. The molecule has 1 saturated heterocycles. The van der Waals surface area contributed by atoms with Crippen LogP contribution in [0.5, 0.6) is 0 Å².